The van der Waals surface area contributed by atoms with E-state index in [0.29, 0.717) is 12.8 Å². The number of aliphatic carboxylic acids is 1. The van der Waals surface area contributed by atoms with Gasteiger partial charge in [-0.3, -0.25) is 9.59 Å². The van der Waals surface area contributed by atoms with Gasteiger partial charge in [0.2, 0.25) is 0 Å². The summed E-state index contributed by atoms with van der Waals surface area (Å²) in [6.45, 7) is 3.32. The van der Waals surface area contributed by atoms with E-state index in [1.807, 2.05) is 0 Å². The van der Waals surface area contributed by atoms with Crippen LogP contribution in [0.4, 0.5) is 4.79 Å². The zero-order valence-corrected chi connectivity index (χ0v) is 11.2. The molecule has 108 valence electrons. The smallest absolute Gasteiger partial charge is 0.325 e. The number of carboxylic acids is 1. The normalized spacial score (nSPS) is 25.7. The molecule has 0 aromatic carbocycles. The molecule has 1 rings (SSSR count). The van der Waals surface area contributed by atoms with Gasteiger partial charge in [-0.05, 0) is 26.7 Å². The van der Waals surface area contributed by atoms with Crippen molar-refractivity contribution in [2.45, 2.75) is 39.2 Å². The zero-order chi connectivity index (χ0) is 14.5. The SMILES string of the molecule is CCOC(=O)CNC(=O)NC1CCCC1(C)C(=O)O. The number of ether oxygens (including phenoxy) is 1. The number of amides is 2. The van der Waals surface area contributed by atoms with Crippen LogP contribution in [-0.4, -0.2) is 42.3 Å². The van der Waals surface area contributed by atoms with Crippen LogP contribution in [0.25, 0.3) is 0 Å². The molecule has 0 saturated heterocycles. The first-order valence-electron chi connectivity index (χ1n) is 6.33. The lowest BCUT2D eigenvalue weighted by atomic mass is 9.85. The summed E-state index contributed by atoms with van der Waals surface area (Å²) in [7, 11) is 0. The first-order chi connectivity index (χ1) is 8.90. The Hall–Kier alpha value is -1.79. The largest absolute Gasteiger partial charge is 0.481 e. The molecule has 2 atom stereocenters. The van der Waals surface area contributed by atoms with E-state index in [9.17, 15) is 19.5 Å². The minimum Gasteiger partial charge on any atom is -0.481 e. The summed E-state index contributed by atoms with van der Waals surface area (Å²) >= 11 is 0. The van der Waals surface area contributed by atoms with Crippen LogP contribution in [-0.2, 0) is 14.3 Å². The van der Waals surface area contributed by atoms with Crippen LogP contribution in [0.2, 0.25) is 0 Å². The standard InChI is InChI=1S/C12H20N2O5/c1-3-19-9(15)7-13-11(18)14-8-5-4-6-12(8,2)10(16)17/h8H,3-7H2,1-2H3,(H,16,17)(H2,13,14,18). The van der Waals surface area contributed by atoms with Crippen molar-refractivity contribution in [3.05, 3.63) is 0 Å². The van der Waals surface area contributed by atoms with Crippen molar-refractivity contribution < 1.29 is 24.2 Å². The summed E-state index contributed by atoms with van der Waals surface area (Å²) in [6.07, 6.45) is 1.91. The maximum absolute atomic E-state index is 11.6. The van der Waals surface area contributed by atoms with E-state index < -0.39 is 29.4 Å². The minimum atomic E-state index is -0.943. The maximum atomic E-state index is 11.6. The lowest BCUT2D eigenvalue weighted by molar-refractivity contribution is -0.148. The molecule has 19 heavy (non-hydrogen) atoms. The van der Waals surface area contributed by atoms with Gasteiger partial charge in [0.05, 0.1) is 12.0 Å². The van der Waals surface area contributed by atoms with E-state index >= 15 is 0 Å². The summed E-state index contributed by atoms with van der Waals surface area (Å²) in [6, 6.07) is -0.973. The summed E-state index contributed by atoms with van der Waals surface area (Å²) in [5, 5.41) is 14.2. The molecule has 0 bridgehead atoms. The van der Waals surface area contributed by atoms with Crippen LogP contribution in [0.5, 0.6) is 0 Å². The fourth-order valence-electron chi connectivity index (χ4n) is 2.23. The predicted octanol–water partition coefficient (Wildman–Crippen LogP) is 0.492. The van der Waals surface area contributed by atoms with Gasteiger partial charge >= 0.3 is 18.0 Å². The van der Waals surface area contributed by atoms with Crippen LogP contribution in [0, 0.1) is 5.41 Å². The molecule has 1 fully saturated rings. The number of hydrogen-bond acceptors (Lipinski definition) is 4. The van der Waals surface area contributed by atoms with Gasteiger partial charge in [-0.2, -0.15) is 0 Å². The summed E-state index contributed by atoms with van der Waals surface area (Å²) in [5.41, 5.74) is -0.943. The molecule has 3 N–H and O–H groups in total. The number of rotatable bonds is 5. The van der Waals surface area contributed by atoms with Gasteiger partial charge in [0.25, 0.3) is 0 Å². The van der Waals surface area contributed by atoms with Gasteiger partial charge in [-0.25, -0.2) is 4.79 Å². The van der Waals surface area contributed by atoms with Crippen molar-refractivity contribution in [3.8, 4) is 0 Å². The van der Waals surface area contributed by atoms with E-state index in [-0.39, 0.29) is 13.2 Å². The van der Waals surface area contributed by atoms with Crippen molar-refractivity contribution in [1.82, 2.24) is 10.6 Å². The van der Waals surface area contributed by atoms with Crippen molar-refractivity contribution in [3.63, 3.8) is 0 Å². The van der Waals surface area contributed by atoms with Gasteiger partial charge < -0.3 is 20.5 Å². The highest BCUT2D eigenvalue weighted by Gasteiger charge is 2.45. The second-order valence-electron chi connectivity index (χ2n) is 4.80. The average molecular weight is 272 g/mol. The molecular formula is C12H20N2O5. The summed E-state index contributed by atoms with van der Waals surface area (Å²) in [4.78, 5) is 33.9. The number of carbonyl (C=O) groups excluding carboxylic acids is 2. The molecule has 1 saturated carbocycles. The Kier molecular flexibility index (Phi) is 5.14. The number of urea groups is 1. The van der Waals surface area contributed by atoms with Crippen molar-refractivity contribution in [1.29, 1.82) is 0 Å². The topological polar surface area (TPSA) is 105 Å². The second kappa shape index (κ2) is 6.40. The first-order valence-corrected chi connectivity index (χ1v) is 6.33. The minimum absolute atomic E-state index is 0.226. The van der Waals surface area contributed by atoms with Crippen LogP contribution in [0.1, 0.15) is 33.1 Å². The van der Waals surface area contributed by atoms with E-state index in [2.05, 4.69) is 15.4 Å². The number of carboxylic acid groups (broad SMARTS) is 1. The Morgan fingerprint density at radius 3 is 2.68 bits per heavy atom. The third-order valence-corrected chi connectivity index (χ3v) is 3.45. The first kappa shape index (κ1) is 15.3. The van der Waals surface area contributed by atoms with Crippen LogP contribution < -0.4 is 10.6 Å². The molecule has 0 aromatic rings. The fourth-order valence-corrected chi connectivity index (χ4v) is 2.23. The molecule has 2 amide bonds. The Morgan fingerprint density at radius 2 is 2.11 bits per heavy atom. The highest BCUT2D eigenvalue weighted by Crippen LogP contribution is 2.38. The van der Waals surface area contributed by atoms with Crippen molar-refractivity contribution in [2.75, 3.05) is 13.2 Å². The fraction of sp³-hybridized carbons (Fsp3) is 0.750. The molecule has 1 aliphatic rings. The summed E-state index contributed by atoms with van der Waals surface area (Å²) in [5.74, 6) is -1.44. The average Bonchev–Trinajstić information content (AvgIpc) is 2.70. The van der Waals surface area contributed by atoms with Gasteiger partial charge in [-0.15, -0.1) is 0 Å². The molecule has 1 aliphatic carbocycles. The molecule has 0 radical (unpaired) electrons. The highest BCUT2D eigenvalue weighted by molar-refractivity contribution is 5.82. The van der Waals surface area contributed by atoms with Crippen LogP contribution in [0.3, 0.4) is 0 Å². The Balaban J connectivity index is 2.44. The third kappa shape index (κ3) is 3.84. The highest BCUT2D eigenvalue weighted by atomic mass is 16.5. The molecule has 0 aliphatic heterocycles. The number of nitrogens with one attached hydrogen (secondary N) is 2. The lowest BCUT2D eigenvalue weighted by Gasteiger charge is -2.27. The Bertz CT molecular complexity index is 371. The van der Waals surface area contributed by atoms with Crippen LogP contribution in [0.15, 0.2) is 0 Å². The molecule has 2 unspecified atom stereocenters. The van der Waals surface area contributed by atoms with E-state index in [1.165, 1.54) is 0 Å². The number of esters is 1. The lowest BCUT2D eigenvalue weighted by Crippen LogP contribution is -2.51. The van der Waals surface area contributed by atoms with E-state index in [1.54, 1.807) is 13.8 Å². The summed E-state index contributed by atoms with van der Waals surface area (Å²) < 4.78 is 4.67. The quantitative estimate of drug-likeness (QED) is 0.632. The van der Waals surface area contributed by atoms with Crippen molar-refractivity contribution in [2.24, 2.45) is 5.41 Å². The molecule has 0 heterocycles. The van der Waals surface area contributed by atoms with Gasteiger partial charge in [0, 0.05) is 6.04 Å². The van der Waals surface area contributed by atoms with Gasteiger partial charge in [0.15, 0.2) is 0 Å². The molecule has 0 spiro atoms. The maximum Gasteiger partial charge on any atom is 0.325 e. The monoisotopic (exact) mass is 272 g/mol. The molecule has 0 aromatic heterocycles. The van der Waals surface area contributed by atoms with E-state index in [0.717, 1.165) is 6.42 Å². The predicted molar refractivity (Wildman–Crippen MR) is 66.5 cm³/mol. The zero-order valence-electron chi connectivity index (χ0n) is 11.2. The number of carbonyl (C=O) groups is 3. The van der Waals surface area contributed by atoms with Crippen LogP contribution >= 0.6 is 0 Å². The molecular weight excluding hydrogens is 252 g/mol. The molecule has 7 nitrogen and oxygen atoms in total. The second-order valence-corrected chi connectivity index (χ2v) is 4.80. The van der Waals surface area contributed by atoms with E-state index in [4.69, 9.17) is 0 Å². The Morgan fingerprint density at radius 1 is 1.42 bits per heavy atom. The van der Waals surface area contributed by atoms with Crippen molar-refractivity contribution >= 4 is 18.0 Å². The molecule has 7 heteroatoms. The van der Waals surface area contributed by atoms with Gasteiger partial charge in [-0.1, -0.05) is 6.42 Å². The third-order valence-electron chi connectivity index (χ3n) is 3.45. The van der Waals surface area contributed by atoms with Gasteiger partial charge in [0.1, 0.15) is 6.54 Å². The Labute approximate surface area is 111 Å². The number of hydrogen-bond donors (Lipinski definition) is 3.